The molecule has 0 bridgehead atoms. The minimum atomic E-state index is -0.365. The number of rotatable bonds is 5. The Bertz CT molecular complexity index is 811. The molecular weight excluding hydrogens is 328 g/mol. The van der Waals surface area contributed by atoms with Crippen LogP contribution in [0.2, 0.25) is 0 Å². The Morgan fingerprint density at radius 1 is 1.08 bits per heavy atom. The van der Waals surface area contributed by atoms with Gasteiger partial charge < -0.3 is 15.0 Å². The third-order valence-electron chi connectivity index (χ3n) is 4.69. The average Bonchev–Trinajstić information content (AvgIpc) is 3.22. The molecule has 1 fully saturated rings. The number of likely N-dealkylation sites (tertiary alicyclic amines) is 1. The van der Waals surface area contributed by atoms with Crippen molar-refractivity contribution in [2.75, 3.05) is 25.5 Å². The molecule has 5 nitrogen and oxygen atoms in total. The number of benzene rings is 2. The number of esters is 1. The topological polar surface area (TPSA) is 58.6 Å². The zero-order valence-corrected chi connectivity index (χ0v) is 15.2. The molecular formula is C21H24N2O3. The van der Waals surface area contributed by atoms with Crippen LogP contribution in [0.15, 0.2) is 42.5 Å². The van der Waals surface area contributed by atoms with E-state index in [0.717, 1.165) is 54.9 Å². The Balaban J connectivity index is 1.82. The van der Waals surface area contributed by atoms with Gasteiger partial charge in [0.1, 0.15) is 0 Å². The van der Waals surface area contributed by atoms with E-state index in [0.29, 0.717) is 5.56 Å². The molecule has 1 heterocycles. The van der Waals surface area contributed by atoms with Crippen molar-refractivity contribution in [3.8, 4) is 0 Å². The Morgan fingerprint density at radius 2 is 1.85 bits per heavy atom. The lowest BCUT2D eigenvalue weighted by Crippen LogP contribution is -2.27. The van der Waals surface area contributed by atoms with E-state index < -0.39 is 0 Å². The molecule has 26 heavy (non-hydrogen) atoms. The Morgan fingerprint density at radius 3 is 2.54 bits per heavy atom. The monoisotopic (exact) mass is 352 g/mol. The Hall–Kier alpha value is -2.82. The number of carbonyl (C=O) groups excluding carboxylic acids is 2. The molecule has 0 spiro atoms. The van der Waals surface area contributed by atoms with Gasteiger partial charge in [0.05, 0.1) is 12.7 Å². The van der Waals surface area contributed by atoms with Crippen LogP contribution in [-0.4, -0.2) is 37.0 Å². The van der Waals surface area contributed by atoms with E-state index in [-0.39, 0.29) is 11.9 Å². The molecule has 5 heteroatoms. The molecule has 0 atom stereocenters. The van der Waals surface area contributed by atoms with Crippen molar-refractivity contribution in [1.29, 1.82) is 0 Å². The minimum absolute atomic E-state index is 0.108. The summed E-state index contributed by atoms with van der Waals surface area (Å²) in [6.45, 7) is 3.76. The number of amides is 1. The number of nitrogens with zero attached hydrogens (tertiary/aromatic N) is 1. The summed E-state index contributed by atoms with van der Waals surface area (Å²) in [6, 6.07) is 13.0. The first-order chi connectivity index (χ1) is 12.6. The predicted octanol–water partition coefficient (Wildman–Crippen LogP) is 4.02. The van der Waals surface area contributed by atoms with E-state index in [1.165, 1.54) is 7.11 Å². The van der Waals surface area contributed by atoms with Gasteiger partial charge in [0.2, 0.25) is 0 Å². The van der Waals surface area contributed by atoms with E-state index in [9.17, 15) is 9.59 Å². The number of anilines is 2. The maximum absolute atomic E-state index is 12.6. The van der Waals surface area contributed by atoms with Crippen LogP contribution in [0, 0.1) is 0 Å². The van der Waals surface area contributed by atoms with Crippen molar-refractivity contribution >= 4 is 23.3 Å². The standard InChI is InChI=1S/C21H24N2O3/c1-3-15-13-16(20(24)23-11-4-5-12-23)9-10-19(15)22-18-8-6-7-17(14-18)21(25)26-2/h6-10,13-14,22H,3-5,11-12H2,1-2H3. The van der Waals surface area contributed by atoms with Crippen LogP contribution in [-0.2, 0) is 11.2 Å². The van der Waals surface area contributed by atoms with Gasteiger partial charge in [-0.15, -0.1) is 0 Å². The molecule has 1 aliphatic rings. The second-order valence-corrected chi connectivity index (χ2v) is 6.42. The van der Waals surface area contributed by atoms with Gasteiger partial charge in [0.15, 0.2) is 0 Å². The number of carbonyl (C=O) groups is 2. The summed E-state index contributed by atoms with van der Waals surface area (Å²) < 4.78 is 4.77. The highest BCUT2D eigenvalue weighted by molar-refractivity contribution is 5.95. The van der Waals surface area contributed by atoms with E-state index in [1.54, 1.807) is 12.1 Å². The van der Waals surface area contributed by atoms with Crippen LogP contribution in [0.1, 0.15) is 46.0 Å². The number of nitrogens with one attached hydrogen (secondary N) is 1. The fourth-order valence-corrected chi connectivity index (χ4v) is 3.24. The summed E-state index contributed by atoms with van der Waals surface area (Å²) in [5.74, 6) is -0.257. The van der Waals surface area contributed by atoms with Gasteiger partial charge in [-0.1, -0.05) is 13.0 Å². The lowest BCUT2D eigenvalue weighted by Gasteiger charge is -2.17. The Kier molecular flexibility index (Phi) is 5.56. The molecule has 0 aliphatic carbocycles. The number of aryl methyl sites for hydroxylation is 1. The first-order valence-electron chi connectivity index (χ1n) is 9.00. The summed E-state index contributed by atoms with van der Waals surface area (Å²) in [7, 11) is 1.37. The highest BCUT2D eigenvalue weighted by Gasteiger charge is 2.20. The minimum Gasteiger partial charge on any atom is -0.465 e. The largest absolute Gasteiger partial charge is 0.465 e. The van der Waals surface area contributed by atoms with Crippen LogP contribution in [0.25, 0.3) is 0 Å². The van der Waals surface area contributed by atoms with Crippen LogP contribution in [0.5, 0.6) is 0 Å². The molecule has 0 radical (unpaired) electrons. The lowest BCUT2D eigenvalue weighted by atomic mass is 10.0. The maximum atomic E-state index is 12.6. The van der Waals surface area contributed by atoms with Gasteiger partial charge in [-0.2, -0.15) is 0 Å². The van der Waals surface area contributed by atoms with Crippen LogP contribution >= 0.6 is 0 Å². The molecule has 1 amide bonds. The summed E-state index contributed by atoms with van der Waals surface area (Å²) in [5, 5.41) is 3.35. The normalized spacial score (nSPS) is 13.5. The Labute approximate surface area is 154 Å². The van der Waals surface area contributed by atoms with Gasteiger partial charge >= 0.3 is 5.97 Å². The fourth-order valence-electron chi connectivity index (χ4n) is 3.24. The molecule has 0 aromatic heterocycles. The smallest absolute Gasteiger partial charge is 0.337 e. The summed E-state index contributed by atoms with van der Waals surface area (Å²) in [6.07, 6.45) is 2.98. The van der Waals surface area contributed by atoms with Gasteiger partial charge in [-0.25, -0.2) is 4.79 Å². The molecule has 3 rings (SSSR count). The maximum Gasteiger partial charge on any atom is 0.337 e. The fraction of sp³-hybridized carbons (Fsp3) is 0.333. The molecule has 1 aliphatic heterocycles. The van der Waals surface area contributed by atoms with Crippen molar-refractivity contribution in [3.63, 3.8) is 0 Å². The zero-order valence-electron chi connectivity index (χ0n) is 15.2. The SMILES string of the molecule is CCc1cc(C(=O)N2CCCC2)ccc1Nc1cccc(C(=O)OC)c1. The number of hydrogen-bond acceptors (Lipinski definition) is 4. The quantitative estimate of drug-likeness (QED) is 0.826. The highest BCUT2D eigenvalue weighted by atomic mass is 16.5. The average molecular weight is 352 g/mol. The van der Waals surface area contributed by atoms with Gasteiger partial charge in [-0.05, 0) is 61.2 Å². The number of methoxy groups -OCH3 is 1. The third kappa shape index (κ3) is 3.87. The second-order valence-electron chi connectivity index (χ2n) is 6.42. The van der Waals surface area contributed by atoms with Crippen molar-refractivity contribution < 1.29 is 14.3 Å². The molecule has 0 unspecified atom stereocenters. The molecule has 1 saturated heterocycles. The van der Waals surface area contributed by atoms with Crippen LogP contribution < -0.4 is 5.32 Å². The van der Waals surface area contributed by atoms with E-state index in [1.807, 2.05) is 35.2 Å². The van der Waals surface area contributed by atoms with Gasteiger partial charge in [0.25, 0.3) is 5.91 Å². The van der Waals surface area contributed by atoms with Crippen molar-refractivity contribution in [3.05, 3.63) is 59.2 Å². The lowest BCUT2D eigenvalue weighted by molar-refractivity contribution is 0.0600. The first kappa shape index (κ1) is 18.0. The molecule has 2 aromatic rings. The van der Waals surface area contributed by atoms with Crippen molar-refractivity contribution in [1.82, 2.24) is 4.90 Å². The first-order valence-corrected chi connectivity index (χ1v) is 9.00. The zero-order chi connectivity index (χ0) is 18.5. The van der Waals surface area contributed by atoms with Gasteiger partial charge in [0, 0.05) is 30.0 Å². The van der Waals surface area contributed by atoms with E-state index in [2.05, 4.69) is 12.2 Å². The summed E-state index contributed by atoms with van der Waals surface area (Å²) in [4.78, 5) is 26.2. The molecule has 0 saturated carbocycles. The molecule has 1 N–H and O–H groups in total. The predicted molar refractivity (Wildman–Crippen MR) is 102 cm³/mol. The van der Waals surface area contributed by atoms with E-state index >= 15 is 0 Å². The number of ether oxygens (including phenoxy) is 1. The second kappa shape index (κ2) is 8.04. The van der Waals surface area contributed by atoms with Crippen LogP contribution in [0.4, 0.5) is 11.4 Å². The van der Waals surface area contributed by atoms with Crippen molar-refractivity contribution in [2.24, 2.45) is 0 Å². The number of hydrogen-bond donors (Lipinski definition) is 1. The molecule has 136 valence electrons. The highest BCUT2D eigenvalue weighted by Crippen LogP contribution is 2.25. The van der Waals surface area contributed by atoms with Crippen LogP contribution in [0.3, 0.4) is 0 Å². The summed E-state index contributed by atoms with van der Waals surface area (Å²) in [5.41, 5.74) is 4.04. The third-order valence-corrected chi connectivity index (χ3v) is 4.69. The summed E-state index contributed by atoms with van der Waals surface area (Å²) >= 11 is 0. The molecule has 2 aromatic carbocycles. The van der Waals surface area contributed by atoms with E-state index in [4.69, 9.17) is 4.74 Å². The van der Waals surface area contributed by atoms with Crippen molar-refractivity contribution in [2.45, 2.75) is 26.2 Å². The van der Waals surface area contributed by atoms with Gasteiger partial charge in [-0.3, -0.25) is 4.79 Å².